The molecule has 0 radical (unpaired) electrons. The van der Waals surface area contributed by atoms with Crippen LogP contribution < -0.4 is 14.8 Å². The first-order valence-corrected chi connectivity index (χ1v) is 9.23. The van der Waals surface area contributed by atoms with Gasteiger partial charge in [0, 0.05) is 12.1 Å². The maximum atomic E-state index is 12.7. The fourth-order valence-corrected chi connectivity index (χ4v) is 3.07. The summed E-state index contributed by atoms with van der Waals surface area (Å²) in [5.41, 5.74) is 3.19. The van der Waals surface area contributed by atoms with E-state index >= 15 is 0 Å². The van der Waals surface area contributed by atoms with Gasteiger partial charge in [-0.25, -0.2) is 0 Å². The summed E-state index contributed by atoms with van der Waals surface area (Å²) in [4.78, 5) is 22.2. The highest BCUT2D eigenvalue weighted by Crippen LogP contribution is 2.22. The van der Waals surface area contributed by atoms with Crippen LogP contribution in [0.2, 0.25) is 0 Å². The number of nitrogens with one attached hydrogen (secondary N) is 2. The Labute approximate surface area is 164 Å². The summed E-state index contributed by atoms with van der Waals surface area (Å²) >= 11 is 0. The normalized spacial score (nSPS) is 12.2. The number of ether oxygens (including phenoxy) is 2. The summed E-state index contributed by atoms with van der Waals surface area (Å²) < 4.78 is 10.7. The number of imidazole rings is 1. The highest BCUT2D eigenvalue weighted by atomic mass is 16.5. The molecule has 1 aromatic heterocycles. The minimum absolute atomic E-state index is 0.0273. The van der Waals surface area contributed by atoms with Gasteiger partial charge in [-0.05, 0) is 56.9 Å². The van der Waals surface area contributed by atoms with Crippen molar-refractivity contribution in [3.63, 3.8) is 0 Å². The van der Waals surface area contributed by atoms with Crippen molar-refractivity contribution in [2.24, 2.45) is 0 Å². The number of carbonyl (C=O) groups is 1. The fourth-order valence-electron chi connectivity index (χ4n) is 3.07. The number of hydrogen-bond acceptors (Lipinski definition) is 5. The second-order valence-corrected chi connectivity index (χ2v) is 6.67. The Balaban J connectivity index is 1.72. The predicted octanol–water partition coefficient (Wildman–Crippen LogP) is 3.00. The highest BCUT2D eigenvalue weighted by molar-refractivity contribution is 5.97. The lowest BCUT2D eigenvalue weighted by Crippen LogP contribution is -2.34. The average Bonchev–Trinajstić information content (AvgIpc) is 3.09. The zero-order valence-corrected chi connectivity index (χ0v) is 16.7. The van der Waals surface area contributed by atoms with Gasteiger partial charge in [-0.15, -0.1) is 0 Å². The molecule has 7 heteroatoms. The molecule has 148 valence electrons. The SMILES string of the molecule is CCOc1nc2ccc(C(=O)NC[C@@H](c3cccc(OC)c3)N(C)C)cc2[nH]1. The maximum absolute atomic E-state index is 12.7. The number of H-pyrrole nitrogens is 1. The number of likely N-dealkylation sites (N-methyl/N-ethyl adjacent to an activating group) is 1. The first-order valence-electron chi connectivity index (χ1n) is 9.23. The molecule has 2 aromatic carbocycles. The highest BCUT2D eigenvalue weighted by Gasteiger charge is 2.17. The van der Waals surface area contributed by atoms with Crippen molar-refractivity contribution in [3.8, 4) is 11.8 Å². The monoisotopic (exact) mass is 382 g/mol. The Kier molecular flexibility index (Phi) is 6.16. The van der Waals surface area contributed by atoms with Gasteiger partial charge >= 0.3 is 0 Å². The van der Waals surface area contributed by atoms with Crippen LogP contribution in [0.4, 0.5) is 0 Å². The lowest BCUT2D eigenvalue weighted by Gasteiger charge is -2.25. The van der Waals surface area contributed by atoms with E-state index in [1.54, 1.807) is 19.2 Å². The quantitative estimate of drug-likeness (QED) is 0.626. The molecule has 1 heterocycles. The maximum Gasteiger partial charge on any atom is 0.294 e. The molecule has 7 nitrogen and oxygen atoms in total. The van der Waals surface area contributed by atoms with Crippen LogP contribution in [-0.4, -0.2) is 55.1 Å². The number of aromatic nitrogens is 2. The van der Waals surface area contributed by atoms with Crippen LogP contribution in [0.3, 0.4) is 0 Å². The third-order valence-electron chi connectivity index (χ3n) is 4.56. The van der Waals surface area contributed by atoms with Crippen molar-refractivity contribution in [1.29, 1.82) is 0 Å². The molecule has 0 saturated heterocycles. The van der Waals surface area contributed by atoms with Crippen LogP contribution in [-0.2, 0) is 0 Å². The number of benzene rings is 2. The number of rotatable bonds is 8. The van der Waals surface area contributed by atoms with Crippen molar-refractivity contribution in [3.05, 3.63) is 53.6 Å². The predicted molar refractivity (Wildman–Crippen MR) is 109 cm³/mol. The molecule has 28 heavy (non-hydrogen) atoms. The van der Waals surface area contributed by atoms with Gasteiger partial charge in [-0.2, -0.15) is 4.98 Å². The van der Waals surface area contributed by atoms with E-state index in [0.29, 0.717) is 24.7 Å². The molecule has 0 fully saturated rings. The number of aromatic amines is 1. The van der Waals surface area contributed by atoms with E-state index in [4.69, 9.17) is 9.47 Å². The number of hydrogen-bond donors (Lipinski definition) is 2. The topological polar surface area (TPSA) is 79.5 Å². The number of nitrogens with zero attached hydrogens (tertiary/aromatic N) is 2. The molecule has 0 aliphatic carbocycles. The molecule has 0 bridgehead atoms. The van der Waals surface area contributed by atoms with Gasteiger partial charge in [-0.1, -0.05) is 12.1 Å². The summed E-state index contributed by atoms with van der Waals surface area (Å²) in [6, 6.07) is 13.7. The number of carbonyl (C=O) groups excluding carboxylic acids is 1. The molecule has 2 N–H and O–H groups in total. The van der Waals surface area contributed by atoms with Gasteiger partial charge in [-0.3, -0.25) is 4.79 Å². The van der Waals surface area contributed by atoms with E-state index in [1.807, 2.05) is 51.4 Å². The molecule has 1 atom stereocenters. The molecular formula is C21H26N4O3. The Morgan fingerprint density at radius 3 is 2.79 bits per heavy atom. The van der Waals surface area contributed by atoms with Crippen molar-refractivity contribution in [2.75, 3.05) is 34.4 Å². The van der Waals surface area contributed by atoms with Gasteiger partial charge in [0.2, 0.25) is 0 Å². The molecule has 0 aliphatic heterocycles. The van der Waals surface area contributed by atoms with Gasteiger partial charge in [0.15, 0.2) is 0 Å². The largest absolute Gasteiger partial charge is 0.497 e. The smallest absolute Gasteiger partial charge is 0.294 e. The molecule has 3 rings (SSSR count). The average molecular weight is 382 g/mol. The third-order valence-corrected chi connectivity index (χ3v) is 4.56. The Morgan fingerprint density at radius 1 is 1.25 bits per heavy atom. The van der Waals surface area contributed by atoms with E-state index in [1.165, 1.54) is 0 Å². The summed E-state index contributed by atoms with van der Waals surface area (Å²) in [6.45, 7) is 2.91. The summed E-state index contributed by atoms with van der Waals surface area (Å²) in [5, 5.41) is 3.03. The van der Waals surface area contributed by atoms with Gasteiger partial charge < -0.3 is 24.7 Å². The van der Waals surface area contributed by atoms with E-state index in [-0.39, 0.29) is 11.9 Å². The lowest BCUT2D eigenvalue weighted by molar-refractivity contribution is 0.0942. The van der Waals surface area contributed by atoms with E-state index in [2.05, 4.69) is 20.2 Å². The van der Waals surface area contributed by atoms with Crippen LogP contribution in [0.25, 0.3) is 11.0 Å². The molecule has 0 saturated carbocycles. The summed E-state index contributed by atoms with van der Waals surface area (Å²) in [5.74, 6) is 0.662. The molecule has 0 aliphatic rings. The van der Waals surface area contributed by atoms with E-state index < -0.39 is 0 Å². The van der Waals surface area contributed by atoms with Gasteiger partial charge in [0.1, 0.15) is 5.75 Å². The first-order chi connectivity index (χ1) is 13.5. The number of methoxy groups -OCH3 is 1. The molecule has 3 aromatic rings. The Bertz CT molecular complexity index is 952. The van der Waals surface area contributed by atoms with Crippen LogP contribution in [0.5, 0.6) is 11.8 Å². The Hall–Kier alpha value is -3.06. The second kappa shape index (κ2) is 8.75. The third kappa shape index (κ3) is 4.43. The van der Waals surface area contributed by atoms with Crippen LogP contribution >= 0.6 is 0 Å². The van der Waals surface area contributed by atoms with Crippen LogP contribution in [0.1, 0.15) is 28.9 Å². The number of amides is 1. The van der Waals surface area contributed by atoms with E-state index in [9.17, 15) is 4.79 Å². The van der Waals surface area contributed by atoms with Crippen molar-refractivity contribution >= 4 is 16.9 Å². The molecular weight excluding hydrogens is 356 g/mol. The van der Waals surface area contributed by atoms with Crippen LogP contribution in [0.15, 0.2) is 42.5 Å². The van der Waals surface area contributed by atoms with Gasteiger partial charge in [0.25, 0.3) is 11.9 Å². The van der Waals surface area contributed by atoms with E-state index in [0.717, 1.165) is 22.3 Å². The lowest BCUT2D eigenvalue weighted by atomic mass is 10.1. The van der Waals surface area contributed by atoms with Crippen molar-refractivity contribution < 1.29 is 14.3 Å². The van der Waals surface area contributed by atoms with Crippen molar-refractivity contribution in [1.82, 2.24) is 20.2 Å². The minimum atomic E-state index is -0.135. The second-order valence-electron chi connectivity index (χ2n) is 6.67. The molecule has 0 spiro atoms. The Morgan fingerprint density at radius 2 is 2.07 bits per heavy atom. The fraction of sp³-hybridized carbons (Fsp3) is 0.333. The summed E-state index contributed by atoms with van der Waals surface area (Å²) in [7, 11) is 5.62. The summed E-state index contributed by atoms with van der Waals surface area (Å²) in [6.07, 6.45) is 0. The minimum Gasteiger partial charge on any atom is -0.497 e. The molecule has 1 amide bonds. The first kappa shape index (κ1) is 19.7. The standard InChI is InChI=1S/C21H26N4O3/c1-5-28-21-23-17-10-9-15(12-18(17)24-21)20(26)22-13-19(25(2)3)14-7-6-8-16(11-14)27-4/h6-12,19H,5,13H2,1-4H3,(H,22,26)(H,23,24)/t19-/m0/s1. The van der Waals surface area contributed by atoms with Crippen molar-refractivity contribution in [2.45, 2.75) is 13.0 Å². The zero-order chi connectivity index (χ0) is 20.1. The van der Waals surface area contributed by atoms with Crippen LogP contribution in [0, 0.1) is 0 Å². The zero-order valence-electron chi connectivity index (χ0n) is 16.7. The number of fused-ring (bicyclic) bond motifs is 1. The van der Waals surface area contributed by atoms with Gasteiger partial charge in [0.05, 0.1) is 30.8 Å². The molecule has 0 unspecified atom stereocenters.